The maximum Gasteiger partial charge on any atom is 0.165 e. The highest BCUT2D eigenvalue weighted by molar-refractivity contribution is 5.23. The van der Waals surface area contributed by atoms with Crippen molar-refractivity contribution in [2.24, 2.45) is 5.41 Å². The smallest absolute Gasteiger partial charge is 0.165 e. The van der Waals surface area contributed by atoms with Crippen LogP contribution in [0.4, 0.5) is 4.39 Å². The highest BCUT2D eigenvalue weighted by Gasteiger charge is 2.41. The van der Waals surface area contributed by atoms with Crippen molar-refractivity contribution in [1.29, 1.82) is 0 Å². The van der Waals surface area contributed by atoms with Crippen molar-refractivity contribution in [3.63, 3.8) is 0 Å². The Balaban J connectivity index is 1.54. The zero-order chi connectivity index (χ0) is 19.1. The summed E-state index contributed by atoms with van der Waals surface area (Å²) in [7, 11) is 0. The third-order valence-electron chi connectivity index (χ3n) is 4.87. The first kappa shape index (κ1) is 19.7. The Morgan fingerprint density at radius 1 is 1.30 bits per heavy atom. The normalized spacial score (nSPS) is 18.8. The minimum absolute atomic E-state index is 0.253. The van der Waals surface area contributed by atoms with E-state index in [2.05, 4.69) is 10.1 Å². The molecule has 0 aliphatic carbocycles. The van der Waals surface area contributed by atoms with Crippen molar-refractivity contribution in [2.75, 3.05) is 26.6 Å². The number of para-hydroxylation sites is 1. The molecule has 1 saturated heterocycles. The molecule has 27 heavy (non-hydrogen) atoms. The summed E-state index contributed by atoms with van der Waals surface area (Å²) in [6.07, 6.45) is 4.56. The molecule has 1 aromatic carbocycles. The van der Waals surface area contributed by atoms with E-state index in [0.29, 0.717) is 26.2 Å². The van der Waals surface area contributed by atoms with Crippen LogP contribution in [0, 0.1) is 11.2 Å². The number of benzene rings is 1. The summed E-state index contributed by atoms with van der Waals surface area (Å²) in [6.45, 7) is 3.46. The van der Waals surface area contributed by atoms with Crippen LogP contribution in [0.15, 0.2) is 36.9 Å². The van der Waals surface area contributed by atoms with E-state index in [1.165, 1.54) is 12.4 Å². The number of unbranched alkanes of at least 4 members (excludes halogenated alkanes) is 1. The van der Waals surface area contributed by atoms with E-state index in [-0.39, 0.29) is 24.4 Å². The molecule has 2 heterocycles. The van der Waals surface area contributed by atoms with Gasteiger partial charge in [0.2, 0.25) is 0 Å². The summed E-state index contributed by atoms with van der Waals surface area (Å²) < 4.78 is 31.5. The second kappa shape index (κ2) is 9.25. The monoisotopic (exact) mass is 379 g/mol. The van der Waals surface area contributed by atoms with Crippen molar-refractivity contribution < 1.29 is 23.7 Å². The van der Waals surface area contributed by atoms with E-state index >= 15 is 0 Å². The average Bonchev–Trinajstić information content (AvgIpc) is 3.20. The zero-order valence-corrected chi connectivity index (χ0v) is 15.5. The zero-order valence-electron chi connectivity index (χ0n) is 15.5. The highest BCUT2D eigenvalue weighted by atomic mass is 19.1. The minimum atomic E-state index is -0.702. The summed E-state index contributed by atoms with van der Waals surface area (Å²) in [5.74, 6) is -0.104. The fourth-order valence-electron chi connectivity index (χ4n) is 3.31. The van der Waals surface area contributed by atoms with Crippen LogP contribution in [0.5, 0.6) is 5.75 Å². The van der Waals surface area contributed by atoms with Crippen LogP contribution in [-0.4, -0.2) is 52.6 Å². The van der Waals surface area contributed by atoms with Gasteiger partial charge >= 0.3 is 0 Å². The Morgan fingerprint density at radius 3 is 2.78 bits per heavy atom. The molecule has 1 N–H and O–H groups in total. The molecule has 0 bridgehead atoms. The molecule has 1 fully saturated rings. The number of hydrogen-bond donors (Lipinski definition) is 1. The summed E-state index contributed by atoms with van der Waals surface area (Å²) >= 11 is 0. The SMILES string of the molecule is CC1([C@@H](O)[C@H](CCCCOc2ccccc2F)n2cncn2)COCOC1. The van der Waals surface area contributed by atoms with Gasteiger partial charge in [-0.25, -0.2) is 14.1 Å². The number of aliphatic hydroxyl groups excluding tert-OH is 1. The van der Waals surface area contributed by atoms with Crippen LogP contribution >= 0.6 is 0 Å². The second-order valence-corrected chi connectivity index (χ2v) is 7.13. The lowest BCUT2D eigenvalue weighted by Gasteiger charge is -2.40. The van der Waals surface area contributed by atoms with Crippen molar-refractivity contribution in [3.05, 3.63) is 42.7 Å². The van der Waals surface area contributed by atoms with Crippen LogP contribution < -0.4 is 4.74 Å². The number of ether oxygens (including phenoxy) is 3. The molecule has 0 radical (unpaired) electrons. The van der Waals surface area contributed by atoms with Crippen molar-refractivity contribution in [2.45, 2.75) is 38.3 Å². The molecule has 2 atom stereocenters. The third-order valence-corrected chi connectivity index (χ3v) is 4.87. The number of rotatable bonds is 9. The van der Waals surface area contributed by atoms with Gasteiger partial charge in [-0.05, 0) is 31.4 Å². The maximum absolute atomic E-state index is 13.6. The van der Waals surface area contributed by atoms with Crippen LogP contribution in [0.3, 0.4) is 0 Å². The summed E-state index contributed by atoms with van der Waals surface area (Å²) in [5.41, 5.74) is -0.515. The molecule has 0 amide bonds. The van der Waals surface area contributed by atoms with Gasteiger partial charge in [0, 0.05) is 5.41 Å². The molecule has 8 heteroatoms. The lowest BCUT2D eigenvalue weighted by molar-refractivity contribution is -0.196. The predicted molar refractivity (Wildman–Crippen MR) is 95.7 cm³/mol. The molecule has 0 unspecified atom stereocenters. The van der Waals surface area contributed by atoms with E-state index in [1.54, 1.807) is 29.2 Å². The Hall–Kier alpha value is -2.03. The Kier molecular flexibility index (Phi) is 6.76. The lowest BCUT2D eigenvalue weighted by atomic mass is 9.80. The van der Waals surface area contributed by atoms with Gasteiger partial charge in [0.05, 0.1) is 32.0 Å². The summed E-state index contributed by atoms with van der Waals surface area (Å²) in [6, 6.07) is 6.11. The van der Waals surface area contributed by atoms with Gasteiger partial charge in [-0.3, -0.25) is 0 Å². The number of hydrogen-bond acceptors (Lipinski definition) is 6. The van der Waals surface area contributed by atoms with Gasteiger partial charge in [-0.1, -0.05) is 19.1 Å². The molecule has 1 aliphatic rings. The number of nitrogens with zero attached hydrogens (tertiary/aromatic N) is 3. The highest BCUT2D eigenvalue weighted by Crippen LogP contribution is 2.34. The van der Waals surface area contributed by atoms with Gasteiger partial charge in [0.15, 0.2) is 11.6 Å². The van der Waals surface area contributed by atoms with Crippen LogP contribution in [0.25, 0.3) is 0 Å². The molecular formula is C19H26FN3O4. The first-order valence-electron chi connectivity index (χ1n) is 9.15. The third kappa shape index (κ3) is 5.03. The molecule has 3 rings (SSSR count). The molecule has 2 aromatic rings. The van der Waals surface area contributed by atoms with E-state index in [9.17, 15) is 9.50 Å². The lowest BCUT2D eigenvalue weighted by Crippen LogP contribution is -2.48. The largest absolute Gasteiger partial charge is 0.491 e. The topological polar surface area (TPSA) is 78.6 Å². The summed E-state index contributed by atoms with van der Waals surface area (Å²) in [5, 5.41) is 15.2. The Labute approximate surface area is 158 Å². The van der Waals surface area contributed by atoms with E-state index in [1.807, 2.05) is 6.92 Å². The van der Waals surface area contributed by atoms with Gasteiger partial charge in [0.1, 0.15) is 19.4 Å². The van der Waals surface area contributed by atoms with Crippen molar-refractivity contribution >= 4 is 0 Å². The van der Waals surface area contributed by atoms with E-state index in [4.69, 9.17) is 14.2 Å². The molecular weight excluding hydrogens is 353 g/mol. The first-order chi connectivity index (χ1) is 13.1. The molecule has 148 valence electrons. The van der Waals surface area contributed by atoms with E-state index in [0.717, 1.165) is 12.8 Å². The van der Waals surface area contributed by atoms with Gasteiger partial charge in [-0.15, -0.1) is 0 Å². The van der Waals surface area contributed by atoms with Gasteiger partial charge < -0.3 is 19.3 Å². The fraction of sp³-hybridized carbons (Fsp3) is 0.579. The summed E-state index contributed by atoms with van der Waals surface area (Å²) in [4.78, 5) is 4.00. The quantitative estimate of drug-likeness (QED) is 0.675. The van der Waals surface area contributed by atoms with Gasteiger partial charge in [-0.2, -0.15) is 5.10 Å². The van der Waals surface area contributed by atoms with Crippen molar-refractivity contribution in [1.82, 2.24) is 14.8 Å². The molecule has 1 aromatic heterocycles. The molecule has 0 spiro atoms. The van der Waals surface area contributed by atoms with E-state index < -0.39 is 11.5 Å². The Bertz CT molecular complexity index is 692. The number of halogens is 1. The van der Waals surface area contributed by atoms with Gasteiger partial charge in [0.25, 0.3) is 0 Å². The number of aromatic nitrogens is 3. The van der Waals surface area contributed by atoms with Crippen molar-refractivity contribution in [3.8, 4) is 5.75 Å². The maximum atomic E-state index is 13.6. The second-order valence-electron chi connectivity index (χ2n) is 7.13. The minimum Gasteiger partial charge on any atom is -0.491 e. The standard InChI is InChI=1S/C19H26FN3O4/c1-19(10-25-14-26-11-19)18(24)16(23-13-21-12-22-23)7-4-5-9-27-17-8-3-2-6-15(17)20/h2-3,6,8,12-13,16,18,24H,4-5,7,9-11,14H2,1H3/t16-,18-/m0/s1. The Morgan fingerprint density at radius 2 is 2.07 bits per heavy atom. The average molecular weight is 379 g/mol. The molecule has 1 aliphatic heterocycles. The first-order valence-corrected chi connectivity index (χ1v) is 9.15. The molecule has 0 saturated carbocycles. The van der Waals surface area contributed by atoms with Crippen LogP contribution in [-0.2, 0) is 9.47 Å². The number of aliphatic hydroxyl groups is 1. The predicted octanol–water partition coefficient (Wildman–Crippen LogP) is 2.58. The fourth-order valence-corrected chi connectivity index (χ4v) is 3.31. The molecule has 7 nitrogen and oxygen atoms in total. The van der Waals surface area contributed by atoms with Crippen LogP contribution in [0.1, 0.15) is 32.2 Å². The van der Waals surface area contributed by atoms with Crippen LogP contribution in [0.2, 0.25) is 0 Å².